The summed E-state index contributed by atoms with van der Waals surface area (Å²) >= 11 is 0. The third kappa shape index (κ3) is 5.17. The first kappa shape index (κ1) is 26.6. The van der Waals surface area contributed by atoms with E-state index in [0.29, 0.717) is 12.6 Å². The minimum absolute atomic E-state index is 0.0202. The lowest BCUT2D eigenvalue weighted by Crippen LogP contribution is -2.23. The van der Waals surface area contributed by atoms with E-state index in [0.717, 1.165) is 24.4 Å². The topological polar surface area (TPSA) is 153 Å². The lowest BCUT2D eigenvalue weighted by molar-refractivity contribution is 0.103. The molecule has 2 aromatic heterocycles. The molecule has 0 aliphatic rings. The third-order valence-electron chi connectivity index (χ3n) is 5.36. The van der Waals surface area contributed by atoms with Gasteiger partial charge < -0.3 is 15.7 Å². The Balaban J connectivity index is 1.79. The number of fused-ring (bicyclic) bond motifs is 1. The van der Waals surface area contributed by atoms with Crippen molar-refractivity contribution in [3.05, 3.63) is 77.5 Å². The van der Waals surface area contributed by atoms with Gasteiger partial charge in [-0.2, -0.15) is 0 Å². The van der Waals surface area contributed by atoms with E-state index >= 15 is 4.39 Å². The van der Waals surface area contributed by atoms with Gasteiger partial charge in [-0.15, -0.1) is 0 Å². The zero-order valence-electron chi connectivity index (χ0n) is 19.7. The van der Waals surface area contributed by atoms with Crippen LogP contribution in [0.25, 0.3) is 11.0 Å². The molecule has 0 saturated carbocycles. The van der Waals surface area contributed by atoms with Crippen molar-refractivity contribution >= 4 is 50.3 Å². The van der Waals surface area contributed by atoms with Crippen LogP contribution in [0.15, 0.2) is 58.8 Å². The summed E-state index contributed by atoms with van der Waals surface area (Å²) in [5.41, 5.74) is -1.64. The molecule has 0 spiro atoms. The van der Waals surface area contributed by atoms with Gasteiger partial charge >= 0.3 is 0 Å². The van der Waals surface area contributed by atoms with Gasteiger partial charge in [0.1, 0.15) is 28.5 Å². The number of aromatic amines is 1. The highest BCUT2D eigenvalue weighted by atomic mass is 32.2. The van der Waals surface area contributed by atoms with E-state index in [1.807, 2.05) is 11.6 Å². The maximum atomic E-state index is 15.4. The second-order valence-corrected chi connectivity index (χ2v) is 9.45. The number of rotatable bonds is 10. The molecule has 0 amide bonds. The molecule has 2 aromatic carbocycles. The number of ketones is 1. The van der Waals surface area contributed by atoms with E-state index in [-0.39, 0.29) is 34.7 Å². The number of benzene rings is 2. The van der Waals surface area contributed by atoms with E-state index in [2.05, 4.69) is 25.3 Å². The fourth-order valence-electron chi connectivity index (χ4n) is 3.56. The van der Waals surface area contributed by atoms with Crippen LogP contribution in [-0.2, 0) is 10.0 Å². The fraction of sp³-hybridized carbons (Fsp3) is 0.125. The van der Waals surface area contributed by atoms with Crippen molar-refractivity contribution < 1.29 is 26.4 Å². The predicted octanol–water partition coefficient (Wildman–Crippen LogP) is 3.74. The second-order valence-electron chi connectivity index (χ2n) is 7.80. The van der Waals surface area contributed by atoms with Crippen LogP contribution in [0.2, 0.25) is 0 Å². The van der Waals surface area contributed by atoms with Gasteiger partial charge in [-0.3, -0.25) is 9.52 Å². The molecule has 4 aromatic rings. The molecular formula is C24H20F3N7O3S. The number of carbonyl (C=O) groups excluding carboxylic acids is 1. The number of halogens is 3. The number of H-pyrrole nitrogens is 1. The van der Waals surface area contributed by atoms with Crippen molar-refractivity contribution in [3.63, 3.8) is 0 Å². The number of aromatic nitrogens is 3. The van der Waals surface area contributed by atoms with Gasteiger partial charge in [0.15, 0.2) is 11.6 Å². The summed E-state index contributed by atoms with van der Waals surface area (Å²) in [6.45, 7) is 2.70. The van der Waals surface area contributed by atoms with E-state index in [4.69, 9.17) is 5.41 Å². The van der Waals surface area contributed by atoms with Crippen LogP contribution in [0, 0.1) is 22.9 Å². The van der Waals surface area contributed by atoms with Crippen molar-refractivity contribution in [1.82, 2.24) is 20.3 Å². The molecule has 196 valence electrons. The molecule has 4 rings (SSSR count). The normalized spacial score (nSPS) is 12.1. The van der Waals surface area contributed by atoms with Gasteiger partial charge in [0.05, 0.1) is 27.9 Å². The van der Waals surface area contributed by atoms with Crippen molar-refractivity contribution in [2.45, 2.75) is 11.8 Å². The summed E-state index contributed by atoms with van der Waals surface area (Å²) in [4.78, 5) is 27.7. The molecule has 0 fully saturated rings. The molecule has 2 heterocycles. The molecule has 38 heavy (non-hydrogen) atoms. The van der Waals surface area contributed by atoms with Crippen LogP contribution < -0.4 is 10.0 Å². The summed E-state index contributed by atoms with van der Waals surface area (Å²) in [6, 6.07) is 5.92. The average molecular weight is 544 g/mol. The summed E-state index contributed by atoms with van der Waals surface area (Å²) in [5.74, 6) is -5.01. The van der Waals surface area contributed by atoms with E-state index in [1.54, 1.807) is 0 Å². The van der Waals surface area contributed by atoms with Crippen molar-refractivity contribution in [3.8, 4) is 0 Å². The monoisotopic (exact) mass is 543 g/mol. The molecule has 14 heteroatoms. The van der Waals surface area contributed by atoms with Crippen molar-refractivity contribution in [1.29, 1.82) is 5.41 Å². The summed E-state index contributed by atoms with van der Waals surface area (Å²) in [7, 11) is -4.61. The highest BCUT2D eigenvalue weighted by Crippen LogP contribution is 2.31. The molecule has 0 aliphatic heterocycles. The molecule has 0 radical (unpaired) electrons. The Bertz CT molecular complexity index is 1690. The number of hydrogen-bond acceptors (Lipinski definition) is 8. The van der Waals surface area contributed by atoms with Crippen LogP contribution in [0.5, 0.6) is 0 Å². The first-order chi connectivity index (χ1) is 18.2. The lowest BCUT2D eigenvalue weighted by Gasteiger charge is -2.12. The number of anilines is 1. The summed E-state index contributed by atoms with van der Waals surface area (Å²) in [5, 5.41) is 10.6. The van der Waals surface area contributed by atoms with Crippen LogP contribution in [0.4, 0.5) is 24.7 Å². The molecule has 0 atom stereocenters. The molecule has 0 bridgehead atoms. The molecule has 0 unspecified atom stereocenters. The highest BCUT2D eigenvalue weighted by molar-refractivity contribution is 7.92. The zero-order valence-corrected chi connectivity index (χ0v) is 20.5. The minimum atomic E-state index is -4.61. The summed E-state index contributed by atoms with van der Waals surface area (Å²) in [6.07, 6.45) is 3.33. The van der Waals surface area contributed by atoms with Gasteiger partial charge in [0, 0.05) is 19.0 Å². The van der Waals surface area contributed by atoms with Gasteiger partial charge in [0.25, 0.3) is 10.0 Å². The predicted molar refractivity (Wildman–Crippen MR) is 135 cm³/mol. The zero-order chi connectivity index (χ0) is 27.4. The van der Waals surface area contributed by atoms with Crippen molar-refractivity contribution in [2.75, 3.05) is 17.8 Å². The fourth-order valence-corrected chi connectivity index (χ4v) is 4.70. The minimum Gasteiger partial charge on any atom is -0.345 e. The number of aliphatic imine (C=N–C) groups is 1. The third-order valence-corrected chi connectivity index (χ3v) is 6.75. The van der Waals surface area contributed by atoms with Crippen LogP contribution in [0.1, 0.15) is 22.8 Å². The number of carbonyl (C=O) groups is 1. The SMILES string of the molecule is CCNCC(C=N)=Nc1ncnc2[nH]cc(C(=O)c3c(F)ccc(NS(=O)(=O)c4ccccc4F)c3F)c12. The quantitative estimate of drug-likeness (QED) is 0.177. The van der Waals surface area contributed by atoms with Crippen LogP contribution >= 0.6 is 0 Å². The maximum Gasteiger partial charge on any atom is 0.264 e. The molecule has 0 saturated heterocycles. The van der Waals surface area contributed by atoms with E-state index in [9.17, 15) is 22.0 Å². The van der Waals surface area contributed by atoms with Crippen LogP contribution in [0.3, 0.4) is 0 Å². The van der Waals surface area contributed by atoms with Gasteiger partial charge in [-0.1, -0.05) is 19.1 Å². The van der Waals surface area contributed by atoms with E-state index in [1.165, 1.54) is 24.7 Å². The number of nitrogens with one attached hydrogen (secondary N) is 4. The van der Waals surface area contributed by atoms with Gasteiger partial charge in [-0.05, 0) is 30.8 Å². The van der Waals surface area contributed by atoms with Crippen LogP contribution in [-0.4, -0.2) is 54.2 Å². The first-order valence-electron chi connectivity index (χ1n) is 11.1. The largest absolute Gasteiger partial charge is 0.345 e. The van der Waals surface area contributed by atoms with Crippen molar-refractivity contribution in [2.24, 2.45) is 4.99 Å². The standard InChI is InChI=1S/C24H20F3N7O3S/c1-2-29-10-13(9-28)33-24-19-14(11-30-23(19)31-12-32-24)22(35)20-16(26)7-8-17(21(20)27)34-38(36,37)18-6-4-3-5-15(18)25/h3-9,11-12,28-29,34H,2,10H2,1H3,(H,30,31,32). The molecule has 4 N–H and O–H groups in total. The smallest absolute Gasteiger partial charge is 0.264 e. The Morgan fingerprint density at radius 1 is 1.13 bits per heavy atom. The first-order valence-corrected chi connectivity index (χ1v) is 12.6. The van der Waals surface area contributed by atoms with E-state index < -0.39 is 49.4 Å². The Morgan fingerprint density at radius 3 is 2.61 bits per heavy atom. The number of hydrogen-bond donors (Lipinski definition) is 4. The Labute approximate surface area is 214 Å². The Kier molecular flexibility index (Phi) is 7.64. The number of sulfonamides is 1. The average Bonchev–Trinajstić information content (AvgIpc) is 3.33. The maximum absolute atomic E-state index is 15.4. The second kappa shape index (κ2) is 10.9. The Hall–Kier alpha value is -4.43. The number of nitrogens with zero attached hydrogens (tertiary/aromatic N) is 3. The Morgan fingerprint density at radius 2 is 1.89 bits per heavy atom. The highest BCUT2D eigenvalue weighted by Gasteiger charge is 2.28. The molecular weight excluding hydrogens is 523 g/mol. The summed E-state index contributed by atoms with van der Waals surface area (Å²) < 4.78 is 71.4. The van der Waals surface area contributed by atoms with Gasteiger partial charge in [-0.25, -0.2) is 36.5 Å². The molecule has 0 aliphatic carbocycles. The van der Waals surface area contributed by atoms with Gasteiger partial charge in [0.2, 0.25) is 5.78 Å². The molecule has 10 nitrogen and oxygen atoms in total. The lowest BCUT2D eigenvalue weighted by atomic mass is 10.0.